The molecule has 4 heteroatoms. The van der Waals surface area contributed by atoms with Crippen LogP contribution in [-0.2, 0) is 6.54 Å². The van der Waals surface area contributed by atoms with E-state index in [-0.39, 0.29) is 0 Å². The first-order valence-electron chi connectivity index (χ1n) is 7.42. The summed E-state index contributed by atoms with van der Waals surface area (Å²) < 4.78 is 0. The Morgan fingerprint density at radius 1 is 1.29 bits per heavy atom. The predicted molar refractivity (Wildman–Crippen MR) is 87.4 cm³/mol. The van der Waals surface area contributed by atoms with E-state index >= 15 is 0 Å². The van der Waals surface area contributed by atoms with Crippen molar-refractivity contribution in [2.75, 3.05) is 13.1 Å². The molecule has 112 valence electrons. The molecule has 1 aliphatic heterocycles. The van der Waals surface area contributed by atoms with Crippen molar-refractivity contribution in [3.63, 3.8) is 0 Å². The lowest BCUT2D eigenvalue weighted by molar-refractivity contribution is -0.131. The molecule has 0 saturated carbocycles. The van der Waals surface area contributed by atoms with Gasteiger partial charge < -0.3 is 5.11 Å². The van der Waals surface area contributed by atoms with E-state index in [0.717, 1.165) is 30.3 Å². The monoisotopic (exact) mass is 302 g/mol. The lowest BCUT2D eigenvalue weighted by Gasteiger charge is -2.49. The quantitative estimate of drug-likeness (QED) is 0.941. The normalized spacial score (nSPS) is 18.0. The number of thiazole rings is 1. The van der Waals surface area contributed by atoms with Gasteiger partial charge in [-0.2, -0.15) is 0 Å². The van der Waals surface area contributed by atoms with Crippen molar-refractivity contribution in [2.45, 2.75) is 32.9 Å². The summed E-state index contributed by atoms with van der Waals surface area (Å²) in [7, 11) is 0. The predicted octanol–water partition coefficient (Wildman–Crippen LogP) is 3.32. The van der Waals surface area contributed by atoms with E-state index in [1.54, 1.807) is 11.3 Å². The summed E-state index contributed by atoms with van der Waals surface area (Å²) in [5.41, 5.74) is 3.04. The molecular formula is C17H22N2OS. The maximum Gasteiger partial charge on any atom is 0.123 e. The van der Waals surface area contributed by atoms with Crippen LogP contribution in [0.15, 0.2) is 29.6 Å². The summed E-state index contributed by atoms with van der Waals surface area (Å²) in [6.07, 6.45) is 0. The molecule has 0 unspecified atom stereocenters. The van der Waals surface area contributed by atoms with E-state index in [0.29, 0.717) is 5.92 Å². The molecule has 2 aromatic rings. The maximum absolute atomic E-state index is 10.3. The molecule has 0 spiro atoms. The Balaban J connectivity index is 1.63. The fourth-order valence-electron chi connectivity index (χ4n) is 2.64. The van der Waals surface area contributed by atoms with Crippen LogP contribution in [0.25, 0.3) is 10.6 Å². The Morgan fingerprint density at radius 3 is 2.57 bits per heavy atom. The zero-order valence-electron chi connectivity index (χ0n) is 12.8. The number of aryl methyl sites for hydroxylation is 1. The highest BCUT2D eigenvalue weighted by molar-refractivity contribution is 7.13. The zero-order chi connectivity index (χ0) is 15.0. The topological polar surface area (TPSA) is 36.4 Å². The van der Waals surface area contributed by atoms with Crippen LogP contribution in [-0.4, -0.2) is 33.7 Å². The highest BCUT2D eigenvalue weighted by atomic mass is 32.1. The number of nitrogens with zero attached hydrogens (tertiary/aromatic N) is 2. The number of benzene rings is 1. The lowest BCUT2D eigenvalue weighted by atomic mass is 9.83. The maximum atomic E-state index is 10.3. The third kappa shape index (κ3) is 3.03. The fourth-order valence-corrected chi connectivity index (χ4v) is 3.46. The van der Waals surface area contributed by atoms with Gasteiger partial charge in [-0.1, -0.05) is 43.7 Å². The van der Waals surface area contributed by atoms with Gasteiger partial charge >= 0.3 is 0 Å². The number of aromatic nitrogens is 1. The molecular weight excluding hydrogens is 280 g/mol. The highest BCUT2D eigenvalue weighted by Gasteiger charge is 2.43. The minimum atomic E-state index is -0.504. The largest absolute Gasteiger partial charge is 0.387 e. The fraction of sp³-hybridized carbons (Fsp3) is 0.471. The van der Waals surface area contributed by atoms with Crippen LogP contribution in [0.4, 0.5) is 0 Å². The summed E-state index contributed by atoms with van der Waals surface area (Å²) >= 11 is 1.69. The molecule has 1 N–H and O–H groups in total. The second kappa shape index (κ2) is 5.52. The molecule has 3 nitrogen and oxygen atoms in total. The van der Waals surface area contributed by atoms with Crippen LogP contribution in [0.1, 0.15) is 25.1 Å². The van der Waals surface area contributed by atoms with Crippen molar-refractivity contribution in [2.24, 2.45) is 5.92 Å². The van der Waals surface area contributed by atoms with Gasteiger partial charge in [-0.3, -0.25) is 4.90 Å². The van der Waals surface area contributed by atoms with Crippen molar-refractivity contribution in [1.82, 2.24) is 9.88 Å². The number of likely N-dealkylation sites (tertiary alicyclic amines) is 1. The van der Waals surface area contributed by atoms with E-state index in [9.17, 15) is 5.11 Å². The third-order valence-corrected chi connectivity index (χ3v) is 5.25. The smallest absolute Gasteiger partial charge is 0.123 e. The van der Waals surface area contributed by atoms with E-state index < -0.39 is 5.60 Å². The second-order valence-corrected chi connectivity index (χ2v) is 7.27. The molecule has 2 heterocycles. The third-order valence-electron chi connectivity index (χ3n) is 4.31. The van der Waals surface area contributed by atoms with Crippen LogP contribution in [0.5, 0.6) is 0 Å². The lowest BCUT2D eigenvalue weighted by Crippen LogP contribution is -2.63. The van der Waals surface area contributed by atoms with Crippen molar-refractivity contribution in [3.8, 4) is 10.6 Å². The molecule has 0 radical (unpaired) electrons. The van der Waals surface area contributed by atoms with Gasteiger partial charge in [0.2, 0.25) is 0 Å². The first-order chi connectivity index (χ1) is 9.96. The van der Waals surface area contributed by atoms with Gasteiger partial charge in [0.25, 0.3) is 0 Å². The van der Waals surface area contributed by atoms with Gasteiger partial charge in [0, 0.05) is 30.6 Å². The van der Waals surface area contributed by atoms with Crippen molar-refractivity contribution >= 4 is 11.3 Å². The standard InChI is InChI=1S/C17H22N2OS/c1-12(2)17(20)10-19(11-17)8-15-9-21-16(18-15)14-6-4-13(3)5-7-14/h4-7,9,12,20H,8,10-11H2,1-3H3. The SMILES string of the molecule is Cc1ccc(-c2nc(CN3CC(O)(C(C)C)C3)cs2)cc1. The molecule has 0 aliphatic carbocycles. The zero-order valence-corrected chi connectivity index (χ0v) is 13.7. The van der Waals surface area contributed by atoms with Gasteiger partial charge in [0.05, 0.1) is 11.3 Å². The van der Waals surface area contributed by atoms with Gasteiger partial charge in [-0.05, 0) is 12.8 Å². The number of β-amino-alcohol motifs (C(OH)–C–C–N with tert-alkyl or cyclic N) is 1. The minimum absolute atomic E-state index is 0.312. The van der Waals surface area contributed by atoms with Gasteiger partial charge in [0.1, 0.15) is 5.01 Å². The Kier molecular flexibility index (Phi) is 3.86. The van der Waals surface area contributed by atoms with Crippen LogP contribution in [0.2, 0.25) is 0 Å². The molecule has 0 amide bonds. The molecule has 21 heavy (non-hydrogen) atoms. The minimum Gasteiger partial charge on any atom is -0.387 e. The van der Waals surface area contributed by atoms with Gasteiger partial charge in [-0.25, -0.2) is 4.98 Å². The summed E-state index contributed by atoms with van der Waals surface area (Å²) in [6, 6.07) is 8.49. The Labute approximate surface area is 130 Å². The first-order valence-corrected chi connectivity index (χ1v) is 8.30. The highest BCUT2D eigenvalue weighted by Crippen LogP contribution is 2.31. The van der Waals surface area contributed by atoms with Crippen molar-refractivity contribution < 1.29 is 5.11 Å². The van der Waals surface area contributed by atoms with Crippen LogP contribution in [0.3, 0.4) is 0 Å². The molecule has 1 aliphatic rings. The average Bonchev–Trinajstić information content (AvgIpc) is 2.86. The van der Waals surface area contributed by atoms with Crippen LogP contribution >= 0.6 is 11.3 Å². The van der Waals surface area contributed by atoms with E-state index in [2.05, 4.69) is 55.3 Å². The van der Waals surface area contributed by atoms with Gasteiger partial charge in [-0.15, -0.1) is 11.3 Å². The molecule has 3 rings (SSSR count). The van der Waals surface area contributed by atoms with Crippen LogP contribution in [0, 0.1) is 12.8 Å². The summed E-state index contributed by atoms with van der Waals surface area (Å²) in [5, 5.41) is 13.5. The second-order valence-electron chi connectivity index (χ2n) is 6.41. The number of hydrogen-bond donors (Lipinski definition) is 1. The molecule has 1 aromatic heterocycles. The van der Waals surface area contributed by atoms with Crippen LogP contribution < -0.4 is 0 Å². The van der Waals surface area contributed by atoms with Gasteiger partial charge in [0.15, 0.2) is 0 Å². The Bertz CT molecular complexity index is 612. The number of aliphatic hydroxyl groups is 1. The molecule has 1 saturated heterocycles. The van der Waals surface area contributed by atoms with Crippen molar-refractivity contribution in [3.05, 3.63) is 40.9 Å². The summed E-state index contributed by atoms with van der Waals surface area (Å²) in [5.74, 6) is 0.312. The Hall–Kier alpha value is -1.23. The molecule has 1 aromatic carbocycles. The van der Waals surface area contributed by atoms with Crippen molar-refractivity contribution in [1.29, 1.82) is 0 Å². The Morgan fingerprint density at radius 2 is 1.95 bits per heavy atom. The van der Waals surface area contributed by atoms with E-state index in [1.165, 1.54) is 11.1 Å². The summed E-state index contributed by atoms with van der Waals surface area (Å²) in [6.45, 7) is 8.59. The van der Waals surface area contributed by atoms with E-state index in [4.69, 9.17) is 4.98 Å². The number of rotatable bonds is 4. The first kappa shape index (κ1) is 14.7. The molecule has 0 bridgehead atoms. The summed E-state index contributed by atoms with van der Waals surface area (Å²) in [4.78, 5) is 6.98. The molecule has 0 atom stereocenters. The van der Waals surface area contributed by atoms with E-state index in [1.807, 2.05) is 0 Å². The number of hydrogen-bond acceptors (Lipinski definition) is 4. The average molecular weight is 302 g/mol. The molecule has 1 fully saturated rings.